The van der Waals surface area contributed by atoms with Gasteiger partial charge in [0.1, 0.15) is 25.0 Å². The van der Waals surface area contributed by atoms with E-state index in [2.05, 4.69) is 20.8 Å². The quantitative estimate of drug-likeness (QED) is 0.723. The number of Topliss-reactive ketones (excluding diaryl/α,β-unsaturated/α-hetero) is 1. The molecule has 2 aromatic rings. The fourth-order valence-electron chi connectivity index (χ4n) is 5.44. The second-order valence-electron chi connectivity index (χ2n) is 9.31. The first-order valence-corrected chi connectivity index (χ1v) is 11.6. The van der Waals surface area contributed by atoms with E-state index in [1.807, 2.05) is 6.92 Å². The molecular weight excluding hydrogens is 424 g/mol. The van der Waals surface area contributed by atoms with Crippen molar-refractivity contribution in [2.75, 3.05) is 13.2 Å². The molecule has 5 rings (SSSR count). The zero-order chi connectivity index (χ0) is 22.9. The Morgan fingerprint density at radius 1 is 1.21 bits per heavy atom. The van der Waals surface area contributed by atoms with Crippen molar-refractivity contribution in [1.29, 1.82) is 0 Å². The Balaban J connectivity index is 1.39. The summed E-state index contributed by atoms with van der Waals surface area (Å²) in [5.74, 6) is -0.428. The van der Waals surface area contributed by atoms with E-state index in [4.69, 9.17) is 4.74 Å². The SMILES string of the molecule is C[C@H]1CN(C(=O)[C@@H](NC(=O)c2cccc(-n3cnnn3)c2)C2CCCCC2)[C@@H]2C(=O)CO[C@@H]21. The molecule has 1 aliphatic carbocycles. The molecule has 0 bridgehead atoms. The van der Waals surface area contributed by atoms with Crippen LogP contribution in [0.2, 0.25) is 0 Å². The van der Waals surface area contributed by atoms with Crippen LogP contribution in [-0.2, 0) is 14.3 Å². The molecule has 0 spiro atoms. The Morgan fingerprint density at radius 2 is 2.03 bits per heavy atom. The third kappa shape index (κ3) is 4.15. The van der Waals surface area contributed by atoms with Gasteiger partial charge in [0.05, 0.1) is 11.8 Å². The van der Waals surface area contributed by atoms with Gasteiger partial charge in [-0.1, -0.05) is 32.3 Å². The van der Waals surface area contributed by atoms with E-state index in [1.54, 1.807) is 29.2 Å². The Hall–Kier alpha value is -3.14. The first kappa shape index (κ1) is 21.7. The maximum atomic E-state index is 13.8. The maximum Gasteiger partial charge on any atom is 0.252 e. The number of nitrogens with one attached hydrogen (secondary N) is 1. The van der Waals surface area contributed by atoms with Gasteiger partial charge in [0.25, 0.3) is 5.91 Å². The number of rotatable bonds is 5. The average molecular weight is 453 g/mol. The summed E-state index contributed by atoms with van der Waals surface area (Å²) in [6.07, 6.45) is 6.16. The third-order valence-corrected chi connectivity index (χ3v) is 7.12. The van der Waals surface area contributed by atoms with Crippen molar-refractivity contribution < 1.29 is 19.1 Å². The van der Waals surface area contributed by atoms with Crippen LogP contribution in [0.1, 0.15) is 49.4 Å². The van der Waals surface area contributed by atoms with E-state index in [9.17, 15) is 14.4 Å². The lowest BCUT2D eigenvalue weighted by atomic mass is 9.83. The standard InChI is InChI=1S/C23H28N6O4/c1-14-11-28(20-18(30)12-33-21(14)20)23(32)19(15-6-3-2-4-7-15)25-22(31)16-8-5-9-17(10-16)29-13-24-26-27-29/h5,8-10,13-15,19-21H,2-4,6-7,11-12H2,1H3,(H,25,31)/t14-,19-,20+,21+/m0/s1. The van der Waals surface area contributed by atoms with Gasteiger partial charge in [-0.2, -0.15) is 0 Å². The monoisotopic (exact) mass is 452 g/mol. The fourth-order valence-corrected chi connectivity index (χ4v) is 5.44. The molecule has 1 N–H and O–H groups in total. The van der Waals surface area contributed by atoms with Crippen LogP contribution >= 0.6 is 0 Å². The second-order valence-corrected chi connectivity index (χ2v) is 9.31. The van der Waals surface area contributed by atoms with Crippen molar-refractivity contribution in [2.24, 2.45) is 11.8 Å². The lowest BCUT2D eigenvalue weighted by molar-refractivity contribution is -0.139. The highest BCUT2D eigenvalue weighted by Crippen LogP contribution is 2.34. The number of fused-ring (bicyclic) bond motifs is 1. The Bertz CT molecular complexity index is 1040. The van der Waals surface area contributed by atoms with E-state index in [-0.39, 0.29) is 42.1 Å². The Kier molecular flexibility index (Phi) is 5.92. The molecule has 0 radical (unpaired) electrons. The van der Waals surface area contributed by atoms with Gasteiger partial charge in [0, 0.05) is 18.0 Å². The van der Waals surface area contributed by atoms with Crippen LogP contribution in [0, 0.1) is 11.8 Å². The minimum Gasteiger partial charge on any atom is -0.367 e. The number of nitrogens with zero attached hydrogens (tertiary/aromatic N) is 5. The van der Waals surface area contributed by atoms with Crippen LogP contribution in [0.4, 0.5) is 0 Å². The molecule has 1 aromatic carbocycles. The first-order chi connectivity index (χ1) is 16.0. The molecule has 3 aliphatic rings. The van der Waals surface area contributed by atoms with Crippen molar-refractivity contribution >= 4 is 17.6 Å². The molecule has 174 valence electrons. The average Bonchev–Trinajstić information content (AvgIpc) is 3.58. The molecule has 4 atom stereocenters. The van der Waals surface area contributed by atoms with Crippen LogP contribution in [-0.4, -0.2) is 74.0 Å². The number of carbonyl (C=O) groups excluding carboxylic acids is 3. The third-order valence-electron chi connectivity index (χ3n) is 7.12. The predicted octanol–water partition coefficient (Wildman–Crippen LogP) is 1.16. The number of hydrogen-bond acceptors (Lipinski definition) is 7. The molecule has 1 aromatic heterocycles. The highest BCUT2D eigenvalue weighted by molar-refractivity contribution is 5.99. The molecule has 1 saturated carbocycles. The molecule has 10 heteroatoms. The van der Waals surface area contributed by atoms with E-state index < -0.39 is 12.1 Å². The molecule has 3 heterocycles. The van der Waals surface area contributed by atoms with Gasteiger partial charge in [-0.05, 0) is 47.4 Å². The van der Waals surface area contributed by atoms with Gasteiger partial charge in [-0.3, -0.25) is 14.4 Å². The van der Waals surface area contributed by atoms with Gasteiger partial charge in [0.2, 0.25) is 5.91 Å². The fraction of sp³-hybridized carbons (Fsp3) is 0.565. The lowest BCUT2D eigenvalue weighted by Crippen LogP contribution is -2.55. The molecule has 3 fully saturated rings. The summed E-state index contributed by atoms with van der Waals surface area (Å²) < 4.78 is 7.13. The van der Waals surface area contributed by atoms with Crippen LogP contribution in [0.25, 0.3) is 5.69 Å². The number of likely N-dealkylation sites (tertiary alicyclic amines) is 1. The van der Waals surface area contributed by atoms with Crippen molar-refractivity contribution in [3.63, 3.8) is 0 Å². The maximum absolute atomic E-state index is 13.8. The summed E-state index contributed by atoms with van der Waals surface area (Å²) in [5, 5.41) is 14.1. The summed E-state index contributed by atoms with van der Waals surface area (Å²) in [4.78, 5) is 41.2. The highest BCUT2D eigenvalue weighted by Gasteiger charge is 2.52. The number of carbonyl (C=O) groups is 3. The summed E-state index contributed by atoms with van der Waals surface area (Å²) in [6.45, 7) is 2.52. The van der Waals surface area contributed by atoms with Crippen molar-refractivity contribution in [1.82, 2.24) is 30.4 Å². The van der Waals surface area contributed by atoms with E-state index in [0.717, 1.165) is 32.1 Å². The minimum absolute atomic E-state index is 0.0460. The van der Waals surface area contributed by atoms with E-state index >= 15 is 0 Å². The second kappa shape index (κ2) is 9.01. The van der Waals surface area contributed by atoms with Crippen LogP contribution in [0.3, 0.4) is 0 Å². The van der Waals surface area contributed by atoms with Gasteiger partial charge in [0.15, 0.2) is 5.78 Å². The van der Waals surface area contributed by atoms with Crippen LogP contribution < -0.4 is 5.32 Å². The molecule has 10 nitrogen and oxygen atoms in total. The number of ketones is 1. The molecule has 2 amide bonds. The van der Waals surface area contributed by atoms with Gasteiger partial charge >= 0.3 is 0 Å². The summed E-state index contributed by atoms with van der Waals surface area (Å²) in [7, 11) is 0. The molecule has 2 saturated heterocycles. The zero-order valence-electron chi connectivity index (χ0n) is 18.6. The Labute approximate surface area is 191 Å². The number of amides is 2. The number of tetrazole rings is 1. The predicted molar refractivity (Wildman–Crippen MR) is 116 cm³/mol. The minimum atomic E-state index is -0.672. The molecule has 0 unspecified atom stereocenters. The topological polar surface area (TPSA) is 119 Å². The van der Waals surface area contributed by atoms with E-state index in [0.29, 0.717) is 17.8 Å². The van der Waals surface area contributed by atoms with Crippen LogP contribution in [0.5, 0.6) is 0 Å². The normalized spacial score (nSPS) is 26.3. The molecular formula is C23H28N6O4. The van der Waals surface area contributed by atoms with Crippen molar-refractivity contribution in [3.05, 3.63) is 36.2 Å². The summed E-state index contributed by atoms with van der Waals surface area (Å²) >= 11 is 0. The number of benzene rings is 1. The molecule has 33 heavy (non-hydrogen) atoms. The zero-order valence-corrected chi connectivity index (χ0v) is 18.6. The van der Waals surface area contributed by atoms with Crippen LogP contribution in [0.15, 0.2) is 30.6 Å². The summed E-state index contributed by atoms with van der Waals surface area (Å²) in [6, 6.07) is 5.73. The number of aromatic nitrogens is 4. The van der Waals surface area contributed by atoms with Gasteiger partial charge in [-0.15, -0.1) is 5.10 Å². The highest BCUT2D eigenvalue weighted by atomic mass is 16.5. The summed E-state index contributed by atoms with van der Waals surface area (Å²) in [5.41, 5.74) is 1.07. The number of hydrogen-bond donors (Lipinski definition) is 1. The van der Waals surface area contributed by atoms with Gasteiger partial charge in [-0.25, -0.2) is 4.68 Å². The van der Waals surface area contributed by atoms with Gasteiger partial charge < -0.3 is 15.0 Å². The Morgan fingerprint density at radius 3 is 2.79 bits per heavy atom. The first-order valence-electron chi connectivity index (χ1n) is 11.6. The molecule has 2 aliphatic heterocycles. The number of ether oxygens (including phenoxy) is 1. The smallest absolute Gasteiger partial charge is 0.252 e. The lowest BCUT2D eigenvalue weighted by Gasteiger charge is -2.34. The largest absolute Gasteiger partial charge is 0.367 e. The van der Waals surface area contributed by atoms with Crippen molar-refractivity contribution in [2.45, 2.75) is 57.2 Å². The van der Waals surface area contributed by atoms with Crippen molar-refractivity contribution in [3.8, 4) is 5.69 Å². The van der Waals surface area contributed by atoms with E-state index in [1.165, 1.54) is 11.0 Å².